The van der Waals surface area contributed by atoms with Gasteiger partial charge in [0.25, 0.3) is 5.91 Å². The van der Waals surface area contributed by atoms with Crippen LogP contribution >= 0.6 is 31.9 Å². The standard InChI is InChI=1S/C15H21Br2N3O/c1-18(2)5-6-19-7-9-20(10-8-19)15(21)13-11-12(16)3-4-14(13)17/h3-4,11H,5-10H2,1-2H3. The normalized spacial score (nSPS) is 16.5. The van der Waals surface area contributed by atoms with Crippen LogP contribution in [0, 0.1) is 0 Å². The van der Waals surface area contributed by atoms with E-state index in [-0.39, 0.29) is 5.91 Å². The van der Waals surface area contributed by atoms with Crippen molar-refractivity contribution in [3.05, 3.63) is 32.7 Å². The van der Waals surface area contributed by atoms with E-state index < -0.39 is 0 Å². The van der Waals surface area contributed by atoms with Gasteiger partial charge in [0.2, 0.25) is 0 Å². The number of amides is 1. The van der Waals surface area contributed by atoms with Crippen LogP contribution < -0.4 is 0 Å². The summed E-state index contributed by atoms with van der Waals surface area (Å²) in [5.74, 6) is 0.107. The number of piperazine rings is 1. The molecule has 116 valence electrons. The molecule has 1 aliphatic rings. The van der Waals surface area contributed by atoms with Crippen LogP contribution in [0.4, 0.5) is 0 Å². The number of halogens is 2. The van der Waals surface area contributed by atoms with E-state index in [1.165, 1.54) is 0 Å². The van der Waals surface area contributed by atoms with E-state index in [4.69, 9.17) is 0 Å². The Labute approximate surface area is 143 Å². The zero-order chi connectivity index (χ0) is 15.4. The Morgan fingerprint density at radius 1 is 1.19 bits per heavy atom. The van der Waals surface area contributed by atoms with Gasteiger partial charge in [0.1, 0.15) is 0 Å². The van der Waals surface area contributed by atoms with Gasteiger partial charge < -0.3 is 9.80 Å². The number of nitrogens with zero attached hydrogens (tertiary/aromatic N) is 3. The molecule has 0 bridgehead atoms. The Bertz CT molecular complexity index is 500. The predicted molar refractivity (Wildman–Crippen MR) is 92.7 cm³/mol. The Morgan fingerprint density at radius 2 is 1.86 bits per heavy atom. The summed E-state index contributed by atoms with van der Waals surface area (Å²) in [5.41, 5.74) is 0.728. The van der Waals surface area contributed by atoms with Crippen LogP contribution in [0.2, 0.25) is 0 Å². The number of benzene rings is 1. The summed E-state index contributed by atoms with van der Waals surface area (Å²) in [6.07, 6.45) is 0. The second-order valence-corrected chi connectivity index (χ2v) is 7.33. The number of carbonyl (C=O) groups excluding carboxylic acids is 1. The largest absolute Gasteiger partial charge is 0.336 e. The molecule has 0 radical (unpaired) electrons. The van der Waals surface area contributed by atoms with Gasteiger partial charge in [0, 0.05) is 48.2 Å². The number of likely N-dealkylation sites (N-methyl/N-ethyl adjacent to an activating group) is 1. The summed E-state index contributed by atoms with van der Waals surface area (Å²) in [6, 6.07) is 5.72. The minimum atomic E-state index is 0.107. The average molecular weight is 419 g/mol. The smallest absolute Gasteiger partial charge is 0.255 e. The van der Waals surface area contributed by atoms with Crippen LogP contribution in [-0.2, 0) is 0 Å². The molecule has 0 spiro atoms. The van der Waals surface area contributed by atoms with Crippen LogP contribution in [0.5, 0.6) is 0 Å². The summed E-state index contributed by atoms with van der Waals surface area (Å²) in [4.78, 5) is 19.1. The van der Waals surface area contributed by atoms with Crippen molar-refractivity contribution in [3.63, 3.8) is 0 Å². The molecular weight excluding hydrogens is 398 g/mol. The van der Waals surface area contributed by atoms with E-state index in [1.54, 1.807) is 0 Å². The highest BCUT2D eigenvalue weighted by Gasteiger charge is 2.23. The summed E-state index contributed by atoms with van der Waals surface area (Å²) in [6.45, 7) is 5.62. The quantitative estimate of drug-likeness (QED) is 0.751. The van der Waals surface area contributed by atoms with Crippen LogP contribution in [0.25, 0.3) is 0 Å². The molecule has 1 heterocycles. The van der Waals surface area contributed by atoms with Crippen molar-refractivity contribution in [2.24, 2.45) is 0 Å². The van der Waals surface area contributed by atoms with Gasteiger partial charge in [0.15, 0.2) is 0 Å². The first kappa shape index (κ1) is 16.9. The molecular formula is C15H21Br2N3O. The molecule has 0 aliphatic carbocycles. The van der Waals surface area contributed by atoms with Crippen molar-refractivity contribution in [2.45, 2.75) is 0 Å². The molecule has 1 aromatic carbocycles. The molecule has 2 rings (SSSR count). The Hall–Kier alpha value is -0.430. The van der Waals surface area contributed by atoms with E-state index in [0.717, 1.165) is 53.8 Å². The van der Waals surface area contributed by atoms with Crippen molar-refractivity contribution in [2.75, 3.05) is 53.4 Å². The number of hydrogen-bond acceptors (Lipinski definition) is 3. The molecule has 1 aromatic rings. The summed E-state index contributed by atoms with van der Waals surface area (Å²) >= 11 is 6.89. The zero-order valence-electron chi connectivity index (χ0n) is 12.5. The average Bonchev–Trinajstić information content (AvgIpc) is 2.47. The van der Waals surface area contributed by atoms with E-state index >= 15 is 0 Å². The Kier molecular flexibility index (Phi) is 6.22. The van der Waals surface area contributed by atoms with Crippen LogP contribution in [0.3, 0.4) is 0 Å². The third-order valence-electron chi connectivity index (χ3n) is 3.68. The molecule has 1 saturated heterocycles. The van der Waals surface area contributed by atoms with Crippen molar-refractivity contribution in [1.82, 2.24) is 14.7 Å². The van der Waals surface area contributed by atoms with Gasteiger partial charge in [-0.3, -0.25) is 9.69 Å². The van der Waals surface area contributed by atoms with Crippen molar-refractivity contribution in [3.8, 4) is 0 Å². The molecule has 1 amide bonds. The maximum atomic E-state index is 12.6. The van der Waals surface area contributed by atoms with Gasteiger partial charge in [-0.25, -0.2) is 0 Å². The molecule has 0 unspecified atom stereocenters. The SMILES string of the molecule is CN(C)CCN1CCN(C(=O)c2cc(Br)ccc2Br)CC1. The monoisotopic (exact) mass is 417 g/mol. The van der Waals surface area contributed by atoms with Crippen molar-refractivity contribution < 1.29 is 4.79 Å². The molecule has 21 heavy (non-hydrogen) atoms. The molecule has 0 aromatic heterocycles. The highest BCUT2D eigenvalue weighted by molar-refractivity contribution is 9.11. The Morgan fingerprint density at radius 3 is 2.48 bits per heavy atom. The molecule has 6 heteroatoms. The fourth-order valence-electron chi connectivity index (χ4n) is 2.35. The molecule has 4 nitrogen and oxygen atoms in total. The second-order valence-electron chi connectivity index (χ2n) is 5.56. The lowest BCUT2D eigenvalue weighted by Crippen LogP contribution is -2.50. The first-order valence-electron chi connectivity index (χ1n) is 7.09. The predicted octanol–water partition coefficient (Wildman–Crippen LogP) is 2.53. The number of carbonyl (C=O) groups is 1. The minimum Gasteiger partial charge on any atom is -0.336 e. The Balaban J connectivity index is 1.92. The molecule has 1 aliphatic heterocycles. The van der Waals surface area contributed by atoms with Crippen LogP contribution in [-0.4, -0.2) is 74.0 Å². The van der Waals surface area contributed by atoms with Crippen LogP contribution in [0.15, 0.2) is 27.1 Å². The van der Waals surface area contributed by atoms with Gasteiger partial charge in [0.05, 0.1) is 5.56 Å². The third-order valence-corrected chi connectivity index (χ3v) is 4.87. The summed E-state index contributed by atoms with van der Waals surface area (Å²) in [5, 5.41) is 0. The van der Waals surface area contributed by atoms with E-state index in [9.17, 15) is 4.79 Å². The maximum absolute atomic E-state index is 12.6. The fraction of sp³-hybridized carbons (Fsp3) is 0.533. The summed E-state index contributed by atoms with van der Waals surface area (Å²) < 4.78 is 1.78. The first-order valence-corrected chi connectivity index (χ1v) is 8.67. The minimum absolute atomic E-state index is 0.107. The lowest BCUT2D eigenvalue weighted by atomic mass is 10.2. The zero-order valence-corrected chi connectivity index (χ0v) is 15.7. The molecule has 1 fully saturated rings. The highest BCUT2D eigenvalue weighted by Crippen LogP contribution is 2.23. The number of rotatable bonds is 4. The fourth-order valence-corrected chi connectivity index (χ4v) is 3.13. The lowest BCUT2D eigenvalue weighted by Gasteiger charge is -2.35. The maximum Gasteiger partial charge on any atom is 0.255 e. The van der Waals surface area contributed by atoms with Gasteiger partial charge in [-0.05, 0) is 48.2 Å². The summed E-state index contributed by atoms with van der Waals surface area (Å²) in [7, 11) is 4.18. The molecule has 0 atom stereocenters. The van der Waals surface area contributed by atoms with Gasteiger partial charge >= 0.3 is 0 Å². The lowest BCUT2D eigenvalue weighted by molar-refractivity contribution is 0.0629. The van der Waals surface area contributed by atoms with Crippen molar-refractivity contribution >= 4 is 37.8 Å². The molecule has 0 N–H and O–H groups in total. The second kappa shape index (κ2) is 7.72. The van der Waals surface area contributed by atoms with Crippen LogP contribution in [0.1, 0.15) is 10.4 Å². The topological polar surface area (TPSA) is 26.8 Å². The van der Waals surface area contributed by atoms with E-state index in [0.29, 0.717) is 0 Å². The molecule has 0 saturated carbocycles. The van der Waals surface area contributed by atoms with Gasteiger partial charge in [-0.1, -0.05) is 15.9 Å². The third kappa shape index (κ3) is 4.77. The van der Waals surface area contributed by atoms with E-state index in [2.05, 4.69) is 55.8 Å². The van der Waals surface area contributed by atoms with E-state index in [1.807, 2.05) is 23.1 Å². The first-order chi connectivity index (χ1) is 9.97. The van der Waals surface area contributed by atoms with Gasteiger partial charge in [-0.15, -0.1) is 0 Å². The number of hydrogen-bond donors (Lipinski definition) is 0. The van der Waals surface area contributed by atoms with Crippen molar-refractivity contribution in [1.29, 1.82) is 0 Å². The highest BCUT2D eigenvalue weighted by atomic mass is 79.9. The van der Waals surface area contributed by atoms with Gasteiger partial charge in [-0.2, -0.15) is 0 Å².